The van der Waals surface area contributed by atoms with E-state index < -0.39 is 46.9 Å². The molecule has 3 aromatic rings. The lowest BCUT2D eigenvalue weighted by molar-refractivity contribution is -0.118. The fraction of sp³-hybridized carbons (Fsp3) is 0.345. The summed E-state index contributed by atoms with van der Waals surface area (Å²) in [5.74, 6) is -4.49. The molecular formula is C29H27Cl2F2N3O4. The topological polar surface area (TPSA) is 104 Å². The van der Waals surface area contributed by atoms with E-state index in [-0.39, 0.29) is 38.2 Å². The van der Waals surface area contributed by atoms with Crippen LogP contribution in [0, 0.1) is 28.4 Å². The van der Waals surface area contributed by atoms with Crippen LogP contribution in [0.25, 0.3) is 0 Å². The molecule has 0 spiro atoms. The largest absolute Gasteiger partial charge is 0.463 e. The van der Waals surface area contributed by atoms with E-state index in [2.05, 4.69) is 21.4 Å². The van der Waals surface area contributed by atoms with Gasteiger partial charge in [-0.25, -0.2) is 13.6 Å². The molecule has 1 aliphatic rings. The number of benzene rings is 2. The van der Waals surface area contributed by atoms with Crippen LogP contribution >= 0.6 is 23.2 Å². The highest BCUT2D eigenvalue weighted by molar-refractivity contribution is 6.31. The van der Waals surface area contributed by atoms with E-state index in [1.807, 2.05) is 20.8 Å². The highest BCUT2D eigenvalue weighted by Crippen LogP contribution is 2.52. The lowest BCUT2D eigenvalue weighted by Gasteiger charge is -2.37. The van der Waals surface area contributed by atoms with E-state index in [0.717, 1.165) is 6.07 Å². The number of methoxy groups -OCH3 is 1. The minimum Gasteiger partial charge on any atom is -0.463 e. The van der Waals surface area contributed by atoms with E-state index in [9.17, 15) is 14.9 Å². The molecule has 4 rings (SSSR count). The molecule has 11 heteroatoms. The Morgan fingerprint density at radius 2 is 1.90 bits per heavy atom. The van der Waals surface area contributed by atoms with Gasteiger partial charge < -0.3 is 14.5 Å². The third-order valence-corrected chi connectivity index (χ3v) is 7.50. The Labute approximate surface area is 240 Å². The molecule has 2 aromatic carbocycles. The van der Waals surface area contributed by atoms with Gasteiger partial charge in [-0.1, -0.05) is 62.2 Å². The first-order chi connectivity index (χ1) is 18.8. The van der Waals surface area contributed by atoms with Gasteiger partial charge in [0.25, 0.3) is 0 Å². The SMILES string of the molecule is COC(=O)c1ccc(NC(=O)C2N[C@@H](CC(C)(C)C)[C@](C#N)(c3ccc(Cl)cc3F)[C@H]2c2cccc(Cl)c2F)o1. The van der Waals surface area contributed by atoms with Crippen molar-refractivity contribution in [2.24, 2.45) is 5.41 Å². The Morgan fingerprint density at radius 3 is 2.52 bits per heavy atom. The number of anilines is 1. The normalized spacial score (nSPS) is 22.5. The smallest absolute Gasteiger partial charge is 0.374 e. The zero-order valence-electron chi connectivity index (χ0n) is 22.2. The number of carbonyl (C=O) groups is 2. The summed E-state index contributed by atoms with van der Waals surface area (Å²) in [6.45, 7) is 5.82. The second-order valence-electron chi connectivity index (χ2n) is 10.8. The van der Waals surface area contributed by atoms with Crippen LogP contribution in [0.4, 0.5) is 14.7 Å². The summed E-state index contributed by atoms with van der Waals surface area (Å²) in [5.41, 5.74) is -2.23. The summed E-state index contributed by atoms with van der Waals surface area (Å²) >= 11 is 12.2. The molecule has 0 saturated carbocycles. The van der Waals surface area contributed by atoms with Crippen molar-refractivity contribution >= 4 is 41.0 Å². The molecule has 7 nitrogen and oxygen atoms in total. The summed E-state index contributed by atoms with van der Waals surface area (Å²) in [5, 5.41) is 16.6. The maximum absolute atomic E-state index is 15.7. The molecule has 1 unspecified atom stereocenters. The standard InChI is InChI=1S/C29H27Cl2F2N3O4/c1-28(2,3)13-21-29(14-34,17-9-8-15(30)12-19(17)32)23(16-6-5-7-18(31)24(16)33)25(35-21)26(37)36-22-11-10-20(40-22)27(38)39-4/h5-12,21,23,25,35H,13H2,1-4H3,(H,36,37)/t21-,23-,25?,29-/m0/s1. The minimum atomic E-state index is -1.77. The first kappa shape index (κ1) is 29.5. The third kappa shape index (κ3) is 5.44. The Balaban J connectivity index is 1.92. The molecule has 1 saturated heterocycles. The van der Waals surface area contributed by atoms with E-state index in [1.165, 1.54) is 49.6 Å². The van der Waals surface area contributed by atoms with Crippen molar-refractivity contribution in [3.8, 4) is 6.07 Å². The molecular weight excluding hydrogens is 563 g/mol. The molecule has 40 heavy (non-hydrogen) atoms. The summed E-state index contributed by atoms with van der Waals surface area (Å²) in [4.78, 5) is 25.6. The lowest BCUT2D eigenvalue weighted by atomic mass is 9.62. The summed E-state index contributed by atoms with van der Waals surface area (Å²) < 4.78 is 41.4. The Kier molecular flexibility index (Phi) is 8.27. The van der Waals surface area contributed by atoms with Gasteiger partial charge >= 0.3 is 5.97 Å². The quantitative estimate of drug-likeness (QED) is 0.313. The molecule has 0 bridgehead atoms. The molecule has 210 valence electrons. The molecule has 2 heterocycles. The second-order valence-corrected chi connectivity index (χ2v) is 11.7. The van der Waals surface area contributed by atoms with E-state index in [1.54, 1.807) is 0 Å². The zero-order chi connectivity index (χ0) is 29.4. The number of halogens is 4. The van der Waals surface area contributed by atoms with Gasteiger partial charge in [0.15, 0.2) is 0 Å². The number of hydrogen-bond donors (Lipinski definition) is 2. The van der Waals surface area contributed by atoms with Crippen LogP contribution in [0.2, 0.25) is 10.0 Å². The van der Waals surface area contributed by atoms with Crippen LogP contribution in [0.5, 0.6) is 0 Å². The molecule has 1 aromatic heterocycles. The number of nitriles is 1. The molecule has 2 N–H and O–H groups in total. The van der Waals surface area contributed by atoms with Gasteiger partial charge in [-0.2, -0.15) is 5.26 Å². The Bertz CT molecular complexity index is 1500. The molecule has 1 fully saturated rings. The van der Waals surface area contributed by atoms with E-state index in [4.69, 9.17) is 27.6 Å². The van der Waals surface area contributed by atoms with Crippen LogP contribution < -0.4 is 10.6 Å². The average molecular weight is 590 g/mol. The fourth-order valence-electron chi connectivity index (χ4n) is 5.37. The minimum absolute atomic E-state index is 0.0354. The van der Waals surface area contributed by atoms with Crippen LogP contribution in [-0.2, 0) is 14.9 Å². The average Bonchev–Trinajstić information content (AvgIpc) is 3.47. The van der Waals surface area contributed by atoms with Crippen molar-refractivity contribution in [1.82, 2.24) is 5.32 Å². The molecule has 1 amide bonds. The zero-order valence-corrected chi connectivity index (χ0v) is 23.7. The number of amides is 1. The van der Waals surface area contributed by atoms with Gasteiger partial charge in [0.05, 0.1) is 24.2 Å². The highest BCUT2D eigenvalue weighted by atomic mass is 35.5. The first-order valence-electron chi connectivity index (χ1n) is 12.4. The van der Waals surface area contributed by atoms with Crippen LogP contribution in [0.1, 0.15) is 54.8 Å². The van der Waals surface area contributed by atoms with Crippen LogP contribution in [0.15, 0.2) is 52.9 Å². The maximum Gasteiger partial charge on any atom is 0.374 e. The number of ether oxygens (including phenoxy) is 1. The number of rotatable bonds is 6. The van der Waals surface area contributed by atoms with Gasteiger partial charge in [0, 0.05) is 28.6 Å². The first-order valence-corrected chi connectivity index (χ1v) is 13.1. The molecule has 0 radical (unpaired) electrons. The molecule has 0 aliphatic carbocycles. The van der Waals surface area contributed by atoms with E-state index in [0.29, 0.717) is 6.42 Å². The lowest BCUT2D eigenvalue weighted by Crippen LogP contribution is -2.44. The Hall–Kier alpha value is -3.45. The number of carbonyl (C=O) groups excluding carboxylic acids is 2. The summed E-state index contributed by atoms with van der Waals surface area (Å²) in [7, 11) is 1.18. The summed E-state index contributed by atoms with van der Waals surface area (Å²) in [6.07, 6.45) is 0.318. The number of nitrogens with one attached hydrogen (secondary N) is 2. The van der Waals surface area contributed by atoms with Gasteiger partial charge in [-0.3, -0.25) is 10.1 Å². The maximum atomic E-state index is 15.7. The molecule has 4 atom stereocenters. The van der Waals surface area contributed by atoms with Gasteiger partial charge in [0.2, 0.25) is 17.6 Å². The van der Waals surface area contributed by atoms with Gasteiger partial charge in [0.1, 0.15) is 17.0 Å². The number of hydrogen-bond acceptors (Lipinski definition) is 6. The number of nitrogens with zero attached hydrogens (tertiary/aromatic N) is 1. The second kappa shape index (κ2) is 11.2. The van der Waals surface area contributed by atoms with Crippen molar-refractivity contribution in [3.05, 3.63) is 87.1 Å². The third-order valence-electron chi connectivity index (χ3n) is 6.97. The van der Waals surface area contributed by atoms with Crippen molar-refractivity contribution in [2.45, 2.75) is 50.6 Å². The van der Waals surface area contributed by atoms with E-state index >= 15 is 8.78 Å². The van der Waals surface area contributed by atoms with Gasteiger partial charge in [-0.05, 0) is 41.7 Å². The predicted octanol–water partition coefficient (Wildman–Crippen LogP) is 6.61. The van der Waals surface area contributed by atoms with Crippen molar-refractivity contribution in [1.29, 1.82) is 5.26 Å². The summed E-state index contributed by atoms with van der Waals surface area (Å²) in [6, 6.07) is 11.1. The molecule has 1 aliphatic heterocycles. The predicted molar refractivity (Wildman–Crippen MR) is 146 cm³/mol. The van der Waals surface area contributed by atoms with Crippen molar-refractivity contribution in [3.63, 3.8) is 0 Å². The van der Waals surface area contributed by atoms with Crippen LogP contribution in [-0.4, -0.2) is 31.1 Å². The Morgan fingerprint density at radius 1 is 1.18 bits per heavy atom. The number of esters is 1. The highest BCUT2D eigenvalue weighted by Gasteiger charge is 2.61. The fourth-order valence-corrected chi connectivity index (χ4v) is 5.71. The van der Waals surface area contributed by atoms with Crippen molar-refractivity contribution < 1.29 is 27.5 Å². The van der Waals surface area contributed by atoms with Crippen LogP contribution in [0.3, 0.4) is 0 Å². The number of furan rings is 1. The van der Waals surface area contributed by atoms with Gasteiger partial charge in [-0.15, -0.1) is 0 Å². The van der Waals surface area contributed by atoms with Crippen molar-refractivity contribution in [2.75, 3.05) is 12.4 Å². The monoisotopic (exact) mass is 589 g/mol.